The maximum atomic E-state index is 14.9. The number of anilines is 2. The van der Waals surface area contributed by atoms with Crippen LogP contribution in [0.5, 0.6) is 0 Å². The standard InChI is InChI=1S/C28H30ClFN5O3P/c1-17(2)19-9-6-8-12-24(19)35-26-21(15-22(29)25(31-26)20-10-5-7-11-23(20)30)27(32-39(35,4)38)34-14-13-33(28(36)37)16-18(34)3/h5-12,15,17-18,38H,13-14,16H2,1-4H3/p+1/t18-,39?/m0/s1. The molecular weight excluding hydrogens is 540 g/mol. The molecule has 3 aromatic rings. The molecule has 1 saturated heterocycles. The molecule has 11 heteroatoms. The van der Waals surface area contributed by atoms with Crippen molar-refractivity contribution in [2.45, 2.75) is 32.7 Å². The summed E-state index contributed by atoms with van der Waals surface area (Å²) in [5.74, 6) is 0.638. The van der Waals surface area contributed by atoms with E-state index in [4.69, 9.17) is 21.3 Å². The van der Waals surface area contributed by atoms with Crippen LogP contribution in [0.2, 0.25) is 5.02 Å². The molecule has 1 fully saturated rings. The highest BCUT2D eigenvalue weighted by atomic mass is 35.5. The van der Waals surface area contributed by atoms with Crippen molar-refractivity contribution in [3.63, 3.8) is 0 Å². The molecule has 2 atom stereocenters. The number of rotatable bonds is 3. The largest absolute Gasteiger partial charge is 0.465 e. The van der Waals surface area contributed by atoms with Crippen molar-refractivity contribution in [2.24, 2.45) is 4.76 Å². The molecule has 1 aromatic heterocycles. The zero-order chi connectivity index (χ0) is 28.1. The first-order chi connectivity index (χ1) is 18.5. The Labute approximate surface area is 232 Å². The van der Waals surface area contributed by atoms with Crippen LogP contribution in [0.15, 0.2) is 59.4 Å². The Morgan fingerprint density at radius 2 is 1.82 bits per heavy atom. The molecule has 2 aliphatic rings. The number of hydrogen-bond donors (Lipinski definition) is 2. The summed E-state index contributed by atoms with van der Waals surface area (Å²) in [4.78, 5) is 31.9. The number of carboxylic acid groups (broad SMARTS) is 1. The molecule has 2 N–H and O–H groups in total. The third-order valence-electron chi connectivity index (χ3n) is 7.15. The van der Waals surface area contributed by atoms with Crippen molar-refractivity contribution in [3.8, 4) is 11.3 Å². The topological polar surface area (TPSA) is 92.5 Å². The Hall–Kier alpha value is -3.26. The van der Waals surface area contributed by atoms with E-state index >= 15 is 0 Å². The molecular formula is C28H31ClFN5O3P+. The lowest BCUT2D eigenvalue weighted by Gasteiger charge is -2.42. The van der Waals surface area contributed by atoms with Gasteiger partial charge >= 0.3 is 13.9 Å². The highest BCUT2D eigenvalue weighted by Crippen LogP contribution is 2.65. The zero-order valence-electron chi connectivity index (χ0n) is 22.2. The van der Waals surface area contributed by atoms with Crippen LogP contribution in [0.25, 0.3) is 11.3 Å². The van der Waals surface area contributed by atoms with Gasteiger partial charge in [0.05, 0.1) is 22.0 Å². The van der Waals surface area contributed by atoms with Crippen LogP contribution in [0, 0.1) is 5.82 Å². The van der Waals surface area contributed by atoms with Gasteiger partial charge in [-0.25, -0.2) is 19.1 Å². The monoisotopic (exact) mass is 570 g/mol. The third kappa shape index (κ3) is 4.95. The van der Waals surface area contributed by atoms with Gasteiger partial charge in [0.25, 0.3) is 0 Å². The molecule has 0 spiro atoms. The Morgan fingerprint density at radius 1 is 1.13 bits per heavy atom. The number of fused-ring (bicyclic) bond motifs is 1. The molecule has 0 aliphatic carbocycles. The summed E-state index contributed by atoms with van der Waals surface area (Å²) in [5.41, 5.74) is 2.90. The van der Waals surface area contributed by atoms with E-state index in [-0.39, 0.29) is 28.2 Å². The van der Waals surface area contributed by atoms with Crippen molar-refractivity contribution in [1.82, 2.24) is 14.8 Å². The van der Waals surface area contributed by atoms with Crippen LogP contribution < -0.4 is 4.67 Å². The number of benzene rings is 2. The number of aromatic nitrogens is 1. The molecule has 1 amide bonds. The summed E-state index contributed by atoms with van der Waals surface area (Å²) >= 11 is 6.76. The summed E-state index contributed by atoms with van der Waals surface area (Å²) in [6.45, 7) is 8.75. The minimum absolute atomic E-state index is 0.150. The summed E-state index contributed by atoms with van der Waals surface area (Å²) < 4.78 is 21.6. The lowest BCUT2D eigenvalue weighted by molar-refractivity contribution is 0.106. The smallest absolute Gasteiger partial charge is 0.407 e. The molecule has 1 unspecified atom stereocenters. The van der Waals surface area contributed by atoms with Crippen molar-refractivity contribution < 1.29 is 19.2 Å². The van der Waals surface area contributed by atoms with Gasteiger partial charge in [-0.1, -0.05) is 60.5 Å². The second-order valence-corrected chi connectivity index (χ2v) is 13.0. The van der Waals surface area contributed by atoms with Crippen molar-refractivity contribution in [2.75, 3.05) is 31.0 Å². The first kappa shape index (κ1) is 27.3. The zero-order valence-corrected chi connectivity index (χ0v) is 23.9. The Kier molecular flexibility index (Phi) is 7.27. The summed E-state index contributed by atoms with van der Waals surface area (Å²) in [7, 11) is -3.24. The molecule has 8 nitrogen and oxygen atoms in total. The predicted molar refractivity (Wildman–Crippen MR) is 155 cm³/mol. The average molecular weight is 571 g/mol. The van der Waals surface area contributed by atoms with Crippen LogP contribution in [0.1, 0.15) is 37.8 Å². The maximum Gasteiger partial charge on any atom is 0.407 e. The number of amides is 1. The van der Waals surface area contributed by atoms with Gasteiger partial charge in [-0.15, -0.1) is 0 Å². The quantitative estimate of drug-likeness (QED) is 0.343. The summed E-state index contributed by atoms with van der Waals surface area (Å²) in [5, 5.41) is 9.75. The number of hydrogen-bond acceptors (Lipinski definition) is 6. The van der Waals surface area contributed by atoms with Gasteiger partial charge in [0, 0.05) is 31.2 Å². The van der Waals surface area contributed by atoms with Gasteiger partial charge in [0.1, 0.15) is 12.5 Å². The normalized spacial score (nSPS) is 21.2. The number of piperazine rings is 1. The second kappa shape index (κ2) is 10.4. The van der Waals surface area contributed by atoms with E-state index in [0.717, 1.165) is 11.3 Å². The van der Waals surface area contributed by atoms with Gasteiger partial charge in [0.15, 0.2) is 11.7 Å². The van der Waals surface area contributed by atoms with E-state index < -0.39 is 19.7 Å². The molecule has 2 aromatic carbocycles. The number of pyridine rings is 1. The first-order valence-corrected chi connectivity index (χ1v) is 15.3. The number of nitrogens with zero attached hydrogens (tertiary/aromatic N) is 5. The van der Waals surface area contributed by atoms with Crippen LogP contribution in [0.4, 0.5) is 20.7 Å². The third-order valence-corrected chi connectivity index (χ3v) is 9.17. The fourth-order valence-electron chi connectivity index (χ4n) is 5.25. The Balaban J connectivity index is 1.74. The van der Waals surface area contributed by atoms with Gasteiger partial charge in [-0.05, 0) is 42.7 Å². The number of halogens is 2. The van der Waals surface area contributed by atoms with Crippen molar-refractivity contribution >= 4 is 42.8 Å². The Morgan fingerprint density at radius 3 is 2.49 bits per heavy atom. The SMILES string of the molecule is CC(C)c1ccccc1N1c2nc(-c3ccccc3F)c(Cl)cc2C(N2CCN(C(=O)O)C[C@@H]2C)=N[P+]1(C)O. The second-order valence-electron chi connectivity index (χ2n) is 10.3. The molecule has 3 heterocycles. The molecule has 2 aliphatic heterocycles. The fraction of sp³-hybridized carbons (Fsp3) is 0.321. The molecule has 0 bridgehead atoms. The molecule has 0 radical (unpaired) electrons. The highest BCUT2D eigenvalue weighted by molar-refractivity contribution is 7.70. The summed E-state index contributed by atoms with van der Waals surface area (Å²) in [6, 6.07) is 15.6. The highest BCUT2D eigenvalue weighted by Gasteiger charge is 2.50. The van der Waals surface area contributed by atoms with E-state index in [1.54, 1.807) is 35.6 Å². The maximum absolute atomic E-state index is 14.9. The first-order valence-electron chi connectivity index (χ1n) is 12.8. The van der Waals surface area contributed by atoms with Crippen LogP contribution in [0.3, 0.4) is 0 Å². The van der Waals surface area contributed by atoms with Gasteiger partial charge in [0.2, 0.25) is 0 Å². The van der Waals surface area contributed by atoms with Gasteiger partial charge in [-0.2, -0.15) is 4.67 Å². The number of para-hydroxylation sites is 1. The lowest BCUT2D eigenvalue weighted by atomic mass is 10.0. The van der Waals surface area contributed by atoms with Gasteiger partial charge in [-0.3, -0.25) is 0 Å². The van der Waals surface area contributed by atoms with E-state index in [1.165, 1.54) is 11.0 Å². The lowest BCUT2D eigenvalue weighted by Crippen LogP contribution is -2.56. The van der Waals surface area contributed by atoms with E-state index in [9.17, 15) is 19.2 Å². The number of amidine groups is 1. The fourth-order valence-corrected chi connectivity index (χ4v) is 7.28. The Bertz CT molecular complexity index is 1470. The van der Waals surface area contributed by atoms with Crippen molar-refractivity contribution in [3.05, 3.63) is 76.6 Å². The van der Waals surface area contributed by atoms with Crippen molar-refractivity contribution in [1.29, 1.82) is 0 Å². The number of carbonyl (C=O) groups is 1. The van der Waals surface area contributed by atoms with Crippen LogP contribution in [-0.4, -0.2) is 69.1 Å². The molecule has 5 rings (SSSR count). The van der Waals surface area contributed by atoms with E-state index in [0.29, 0.717) is 36.9 Å². The minimum Gasteiger partial charge on any atom is -0.465 e. The molecule has 39 heavy (non-hydrogen) atoms. The molecule has 0 saturated carbocycles. The van der Waals surface area contributed by atoms with E-state index in [1.807, 2.05) is 36.1 Å². The average Bonchev–Trinajstić information content (AvgIpc) is 2.88. The van der Waals surface area contributed by atoms with Crippen LogP contribution >= 0.6 is 19.4 Å². The van der Waals surface area contributed by atoms with E-state index in [2.05, 4.69) is 13.8 Å². The van der Waals surface area contributed by atoms with Gasteiger partial charge < -0.3 is 14.9 Å². The summed E-state index contributed by atoms with van der Waals surface area (Å²) in [6.07, 6.45) is -0.970. The molecule has 204 valence electrons. The minimum atomic E-state index is -3.24. The van der Waals surface area contributed by atoms with Crippen LogP contribution in [-0.2, 0) is 0 Å². The predicted octanol–water partition coefficient (Wildman–Crippen LogP) is 6.63.